The van der Waals surface area contributed by atoms with Crippen molar-refractivity contribution in [3.8, 4) is 0 Å². The van der Waals surface area contributed by atoms with Crippen LogP contribution in [0.15, 0.2) is 18.2 Å². The molecule has 2 aliphatic rings. The number of rotatable bonds is 0. The molecule has 0 unspecified atom stereocenters. The summed E-state index contributed by atoms with van der Waals surface area (Å²) in [6.07, 6.45) is 2.22. The molecule has 0 amide bonds. The van der Waals surface area contributed by atoms with Crippen LogP contribution >= 0.6 is 0 Å². The maximum atomic E-state index is 13.6. The molecule has 2 heterocycles. The second-order valence-electron chi connectivity index (χ2n) is 4.55. The number of nitrogens with one attached hydrogen (secondary N) is 2. The van der Waals surface area contributed by atoms with Crippen molar-refractivity contribution in [2.24, 2.45) is 0 Å². The zero-order valence-corrected chi connectivity index (χ0v) is 8.65. The van der Waals surface area contributed by atoms with Gasteiger partial charge in [-0.25, -0.2) is 4.39 Å². The van der Waals surface area contributed by atoms with Crippen LogP contribution in [0, 0.1) is 5.82 Å². The zero-order chi connectivity index (χ0) is 10.3. The molecule has 80 valence electrons. The van der Waals surface area contributed by atoms with Gasteiger partial charge in [0.05, 0.1) is 5.69 Å². The van der Waals surface area contributed by atoms with E-state index in [0.717, 1.165) is 38.2 Å². The first kappa shape index (κ1) is 9.16. The summed E-state index contributed by atoms with van der Waals surface area (Å²) in [7, 11) is 0. The van der Waals surface area contributed by atoms with Crippen molar-refractivity contribution < 1.29 is 4.39 Å². The predicted molar refractivity (Wildman–Crippen MR) is 58.7 cm³/mol. The summed E-state index contributed by atoms with van der Waals surface area (Å²) in [6, 6.07) is 5.43. The van der Waals surface area contributed by atoms with Crippen LogP contribution in [0.5, 0.6) is 0 Å². The molecule has 0 radical (unpaired) electrons. The lowest BCUT2D eigenvalue weighted by molar-refractivity contribution is 0.335. The van der Waals surface area contributed by atoms with E-state index in [4.69, 9.17) is 0 Å². The van der Waals surface area contributed by atoms with Crippen molar-refractivity contribution in [2.75, 3.05) is 25.0 Å². The van der Waals surface area contributed by atoms with Crippen molar-refractivity contribution in [1.29, 1.82) is 0 Å². The minimum absolute atomic E-state index is 0.108. The lowest BCUT2D eigenvalue weighted by Gasteiger charge is -2.33. The fourth-order valence-electron chi connectivity index (χ4n) is 2.85. The molecular formula is C12H15FN2. The fraction of sp³-hybridized carbons (Fsp3) is 0.500. The zero-order valence-electron chi connectivity index (χ0n) is 8.65. The highest BCUT2D eigenvalue weighted by atomic mass is 19.1. The molecular weight excluding hydrogens is 191 g/mol. The van der Waals surface area contributed by atoms with Crippen LogP contribution in [0.2, 0.25) is 0 Å². The quantitative estimate of drug-likeness (QED) is 0.677. The average molecular weight is 206 g/mol. The Labute approximate surface area is 88.9 Å². The Morgan fingerprint density at radius 3 is 2.80 bits per heavy atom. The molecule has 1 saturated heterocycles. The lowest BCUT2D eigenvalue weighted by atomic mass is 9.75. The van der Waals surface area contributed by atoms with Crippen LogP contribution in [0.4, 0.5) is 10.1 Å². The third-order valence-corrected chi connectivity index (χ3v) is 3.75. The first-order valence-electron chi connectivity index (χ1n) is 5.55. The molecule has 0 aromatic heterocycles. The Hall–Kier alpha value is -1.09. The smallest absolute Gasteiger partial charge is 0.146 e. The Balaban J connectivity index is 2.06. The molecule has 2 nitrogen and oxygen atoms in total. The molecule has 0 saturated carbocycles. The van der Waals surface area contributed by atoms with E-state index in [9.17, 15) is 4.39 Å². The van der Waals surface area contributed by atoms with Gasteiger partial charge in [0.1, 0.15) is 5.82 Å². The van der Waals surface area contributed by atoms with Crippen LogP contribution in [0.1, 0.15) is 18.4 Å². The summed E-state index contributed by atoms with van der Waals surface area (Å²) >= 11 is 0. The standard InChI is InChI=1S/C12H15FN2/c13-10-3-1-2-9-11(10)15-8-12(9)4-6-14-7-5-12/h1-3,14-15H,4-8H2. The average Bonchev–Trinajstić information content (AvgIpc) is 2.61. The SMILES string of the molecule is Fc1cccc2c1NCC21CCNCC1. The number of benzene rings is 1. The highest BCUT2D eigenvalue weighted by Gasteiger charge is 2.40. The Morgan fingerprint density at radius 2 is 2.00 bits per heavy atom. The number of hydrogen-bond acceptors (Lipinski definition) is 2. The van der Waals surface area contributed by atoms with Gasteiger partial charge in [-0.05, 0) is 37.6 Å². The number of hydrogen-bond donors (Lipinski definition) is 2. The van der Waals surface area contributed by atoms with Crippen molar-refractivity contribution in [2.45, 2.75) is 18.3 Å². The van der Waals surface area contributed by atoms with Gasteiger partial charge in [-0.1, -0.05) is 12.1 Å². The van der Waals surface area contributed by atoms with E-state index in [2.05, 4.69) is 16.7 Å². The van der Waals surface area contributed by atoms with Gasteiger partial charge in [-0.15, -0.1) is 0 Å². The van der Waals surface area contributed by atoms with Crippen molar-refractivity contribution in [1.82, 2.24) is 5.32 Å². The van der Waals surface area contributed by atoms with Gasteiger partial charge in [0.25, 0.3) is 0 Å². The second kappa shape index (κ2) is 3.20. The second-order valence-corrected chi connectivity index (χ2v) is 4.55. The number of halogens is 1. The molecule has 0 bridgehead atoms. The van der Waals surface area contributed by atoms with Gasteiger partial charge in [0.15, 0.2) is 0 Å². The molecule has 1 fully saturated rings. The van der Waals surface area contributed by atoms with E-state index >= 15 is 0 Å². The van der Waals surface area contributed by atoms with Crippen LogP contribution in [0.3, 0.4) is 0 Å². The normalized spacial score (nSPS) is 22.5. The Bertz CT molecular complexity index is 383. The van der Waals surface area contributed by atoms with E-state index < -0.39 is 0 Å². The fourth-order valence-corrected chi connectivity index (χ4v) is 2.85. The third-order valence-electron chi connectivity index (χ3n) is 3.75. The van der Waals surface area contributed by atoms with Gasteiger partial charge in [0, 0.05) is 12.0 Å². The summed E-state index contributed by atoms with van der Waals surface area (Å²) in [6.45, 7) is 2.97. The monoisotopic (exact) mass is 206 g/mol. The first-order valence-corrected chi connectivity index (χ1v) is 5.55. The molecule has 3 rings (SSSR count). The largest absolute Gasteiger partial charge is 0.382 e. The molecule has 1 aromatic rings. The minimum Gasteiger partial charge on any atom is -0.382 e. The molecule has 0 aliphatic carbocycles. The summed E-state index contributed by atoms with van der Waals surface area (Å²) in [4.78, 5) is 0. The van der Waals surface area contributed by atoms with E-state index in [1.807, 2.05) is 6.07 Å². The van der Waals surface area contributed by atoms with Gasteiger partial charge in [0.2, 0.25) is 0 Å². The van der Waals surface area contributed by atoms with Crippen molar-refractivity contribution >= 4 is 5.69 Å². The van der Waals surface area contributed by atoms with E-state index in [0.29, 0.717) is 0 Å². The van der Waals surface area contributed by atoms with Gasteiger partial charge in [-0.3, -0.25) is 0 Å². The molecule has 3 heteroatoms. The highest BCUT2D eigenvalue weighted by molar-refractivity contribution is 5.61. The number of piperidine rings is 1. The van der Waals surface area contributed by atoms with Gasteiger partial charge in [-0.2, -0.15) is 0 Å². The van der Waals surface area contributed by atoms with E-state index in [1.54, 1.807) is 0 Å². The Kier molecular flexibility index (Phi) is 1.96. The minimum atomic E-state index is -0.108. The molecule has 0 atom stereocenters. The molecule has 2 N–H and O–H groups in total. The lowest BCUT2D eigenvalue weighted by Crippen LogP contribution is -2.41. The summed E-state index contributed by atoms with van der Waals surface area (Å²) in [5.74, 6) is -0.108. The van der Waals surface area contributed by atoms with Gasteiger partial charge < -0.3 is 10.6 Å². The third kappa shape index (κ3) is 1.26. The van der Waals surface area contributed by atoms with Gasteiger partial charge >= 0.3 is 0 Å². The van der Waals surface area contributed by atoms with E-state index in [-0.39, 0.29) is 11.2 Å². The molecule has 1 spiro atoms. The summed E-state index contributed by atoms with van der Waals surface area (Å²) < 4.78 is 13.6. The highest BCUT2D eigenvalue weighted by Crippen LogP contribution is 2.43. The summed E-state index contributed by atoms with van der Waals surface area (Å²) in [5.41, 5.74) is 2.10. The van der Waals surface area contributed by atoms with Crippen LogP contribution in [-0.4, -0.2) is 19.6 Å². The first-order chi connectivity index (χ1) is 7.32. The maximum absolute atomic E-state index is 13.6. The van der Waals surface area contributed by atoms with Crippen molar-refractivity contribution in [3.63, 3.8) is 0 Å². The molecule has 2 aliphatic heterocycles. The molecule has 15 heavy (non-hydrogen) atoms. The number of para-hydroxylation sites is 1. The van der Waals surface area contributed by atoms with Crippen LogP contribution < -0.4 is 10.6 Å². The predicted octanol–water partition coefficient (Wildman–Crippen LogP) is 1.87. The number of fused-ring (bicyclic) bond motifs is 2. The Morgan fingerprint density at radius 1 is 1.20 bits per heavy atom. The maximum Gasteiger partial charge on any atom is 0.146 e. The van der Waals surface area contributed by atoms with Crippen molar-refractivity contribution in [3.05, 3.63) is 29.6 Å². The van der Waals surface area contributed by atoms with Crippen LogP contribution in [-0.2, 0) is 5.41 Å². The van der Waals surface area contributed by atoms with Crippen LogP contribution in [0.25, 0.3) is 0 Å². The topological polar surface area (TPSA) is 24.1 Å². The number of anilines is 1. The van der Waals surface area contributed by atoms with E-state index in [1.165, 1.54) is 11.6 Å². The summed E-state index contributed by atoms with van der Waals surface area (Å²) in [5, 5.41) is 6.59. The molecule has 1 aromatic carbocycles.